The van der Waals surface area contributed by atoms with Crippen molar-refractivity contribution in [2.24, 2.45) is 5.84 Å². The summed E-state index contributed by atoms with van der Waals surface area (Å²) in [6, 6.07) is 10.4. The van der Waals surface area contributed by atoms with Gasteiger partial charge in [-0.2, -0.15) is 0 Å². The van der Waals surface area contributed by atoms with E-state index in [4.69, 9.17) is 10.6 Å². The Morgan fingerprint density at radius 1 is 1.10 bits per heavy atom. The van der Waals surface area contributed by atoms with Gasteiger partial charge < -0.3 is 4.74 Å². The second kappa shape index (κ2) is 6.03. The van der Waals surface area contributed by atoms with Crippen molar-refractivity contribution in [2.75, 3.05) is 7.11 Å². The first-order valence-corrected chi connectivity index (χ1v) is 6.43. The Labute approximate surface area is 118 Å². The molecule has 0 heterocycles. The summed E-state index contributed by atoms with van der Waals surface area (Å²) >= 11 is 0. The average molecular weight is 274 g/mol. The second-order valence-corrected chi connectivity index (χ2v) is 4.85. The van der Waals surface area contributed by atoms with Crippen LogP contribution in [0.2, 0.25) is 0 Å². The van der Waals surface area contributed by atoms with Crippen LogP contribution in [0.3, 0.4) is 0 Å². The number of hydrazine groups is 1. The number of nitrogens with one attached hydrogen (secondary N) is 1. The predicted molar refractivity (Wildman–Crippen MR) is 78.0 cm³/mol. The van der Waals surface area contributed by atoms with Gasteiger partial charge in [0.05, 0.1) is 13.2 Å². The highest BCUT2D eigenvalue weighted by Gasteiger charge is 2.19. The minimum Gasteiger partial charge on any atom is -0.496 e. The van der Waals surface area contributed by atoms with Gasteiger partial charge in [-0.25, -0.2) is 9.82 Å². The number of aryl methyl sites for hydroxylation is 2. The number of halogens is 1. The van der Waals surface area contributed by atoms with Crippen LogP contribution in [-0.2, 0) is 0 Å². The quantitative estimate of drug-likeness (QED) is 0.665. The lowest BCUT2D eigenvalue weighted by molar-refractivity contribution is 0.404. The normalized spacial score (nSPS) is 12.2. The topological polar surface area (TPSA) is 47.3 Å². The van der Waals surface area contributed by atoms with Gasteiger partial charge in [0.15, 0.2) is 0 Å². The van der Waals surface area contributed by atoms with Crippen LogP contribution < -0.4 is 16.0 Å². The average Bonchev–Trinajstić information content (AvgIpc) is 2.42. The van der Waals surface area contributed by atoms with Gasteiger partial charge >= 0.3 is 0 Å². The third-order valence-electron chi connectivity index (χ3n) is 3.41. The van der Waals surface area contributed by atoms with E-state index >= 15 is 0 Å². The molecule has 1 atom stereocenters. The molecule has 0 saturated carbocycles. The fraction of sp³-hybridized carbons (Fsp3) is 0.250. The van der Waals surface area contributed by atoms with Gasteiger partial charge in [-0.15, -0.1) is 0 Å². The summed E-state index contributed by atoms with van der Waals surface area (Å²) in [5.41, 5.74) is 6.61. The van der Waals surface area contributed by atoms with Gasteiger partial charge in [0, 0.05) is 5.56 Å². The van der Waals surface area contributed by atoms with Crippen LogP contribution >= 0.6 is 0 Å². The number of benzene rings is 2. The van der Waals surface area contributed by atoms with Gasteiger partial charge in [0.1, 0.15) is 11.6 Å². The maximum Gasteiger partial charge on any atom is 0.124 e. The van der Waals surface area contributed by atoms with Crippen LogP contribution in [0.25, 0.3) is 0 Å². The molecule has 0 spiro atoms. The van der Waals surface area contributed by atoms with E-state index in [2.05, 4.69) is 5.43 Å². The van der Waals surface area contributed by atoms with Crippen molar-refractivity contribution in [1.82, 2.24) is 5.43 Å². The highest BCUT2D eigenvalue weighted by Crippen LogP contribution is 2.32. The van der Waals surface area contributed by atoms with E-state index in [1.807, 2.05) is 32.0 Å². The molecular weight excluding hydrogens is 255 g/mol. The molecule has 2 aromatic carbocycles. The Hall–Kier alpha value is -1.91. The SMILES string of the molecule is COc1ccc(C)cc1C(NN)c1ccc(F)cc1C. The maximum absolute atomic E-state index is 13.3. The summed E-state index contributed by atoms with van der Waals surface area (Å²) in [5.74, 6) is 6.22. The third-order valence-corrected chi connectivity index (χ3v) is 3.41. The van der Waals surface area contributed by atoms with Crippen molar-refractivity contribution in [3.05, 3.63) is 64.5 Å². The minimum absolute atomic E-state index is 0.245. The molecule has 0 aromatic heterocycles. The summed E-state index contributed by atoms with van der Waals surface area (Å²) in [5, 5.41) is 0. The number of rotatable bonds is 4. The van der Waals surface area contributed by atoms with Crippen LogP contribution in [0.4, 0.5) is 4.39 Å². The lowest BCUT2D eigenvalue weighted by Gasteiger charge is -2.21. The first kappa shape index (κ1) is 14.5. The molecule has 0 aliphatic heterocycles. The van der Waals surface area contributed by atoms with E-state index in [0.29, 0.717) is 0 Å². The van der Waals surface area contributed by atoms with Crippen molar-refractivity contribution in [3.8, 4) is 5.75 Å². The maximum atomic E-state index is 13.3. The van der Waals surface area contributed by atoms with Crippen LogP contribution in [0.5, 0.6) is 5.75 Å². The Morgan fingerprint density at radius 3 is 2.45 bits per heavy atom. The summed E-state index contributed by atoms with van der Waals surface area (Å²) in [7, 11) is 1.62. The highest BCUT2D eigenvalue weighted by atomic mass is 19.1. The van der Waals surface area contributed by atoms with Gasteiger partial charge in [-0.1, -0.05) is 23.8 Å². The van der Waals surface area contributed by atoms with Crippen molar-refractivity contribution < 1.29 is 9.13 Å². The Balaban J connectivity index is 2.54. The zero-order valence-corrected chi connectivity index (χ0v) is 11.9. The molecule has 0 aliphatic rings. The first-order chi connectivity index (χ1) is 9.56. The Morgan fingerprint density at radius 2 is 1.85 bits per heavy atom. The standard InChI is InChI=1S/C16H19FN2O/c1-10-4-7-15(20-3)14(8-10)16(19-18)13-6-5-12(17)9-11(13)2/h4-9,16,19H,18H2,1-3H3. The number of methoxy groups -OCH3 is 1. The smallest absolute Gasteiger partial charge is 0.124 e. The highest BCUT2D eigenvalue weighted by molar-refractivity contribution is 5.45. The Bertz CT molecular complexity index is 613. The number of hydrogen-bond donors (Lipinski definition) is 2. The lowest BCUT2D eigenvalue weighted by Crippen LogP contribution is -2.29. The van der Waals surface area contributed by atoms with Crippen molar-refractivity contribution in [3.63, 3.8) is 0 Å². The fourth-order valence-corrected chi connectivity index (χ4v) is 2.39. The van der Waals surface area contributed by atoms with Gasteiger partial charge in [0.2, 0.25) is 0 Å². The van der Waals surface area contributed by atoms with E-state index in [9.17, 15) is 4.39 Å². The molecule has 3 nitrogen and oxygen atoms in total. The van der Waals surface area contributed by atoms with Crippen LogP contribution in [0.1, 0.15) is 28.3 Å². The molecule has 0 saturated heterocycles. The van der Waals surface area contributed by atoms with Crippen molar-refractivity contribution in [2.45, 2.75) is 19.9 Å². The molecule has 0 radical (unpaired) electrons. The molecule has 0 amide bonds. The monoisotopic (exact) mass is 274 g/mol. The van der Waals surface area contributed by atoms with Gasteiger partial charge in [-0.3, -0.25) is 5.84 Å². The van der Waals surface area contributed by atoms with E-state index in [-0.39, 0.29) is 11.9 Å². The largest absolute Gasteiger partial charge is 0.496 e. The van der Waals surface area contributed by atoms with E-state index in [0.717, 1.165) is 28.0 Å². The van der Waals surface area contributed by atoms with E-state index in [1.54, 1.807) is 13.2 Å². The lowest BCUT2D eigenvalue weighted by atomic mass is 9.93. The predicted octanol–water partition coefficient (Wildman–Crippen LogP) is 3.00. The zero-order valence-electron chi connectivity index (χ0n) is 11.9. The molecule has 4 heteroatoms. The van der Waals surface area contributed by atoms with Crippen molar-refractivity contribution in [1.29, 1.82) is 0 Å². The molecule has 3 N–H and O–H groups in total. The second-order valence-electron chi connectivity index (χ2n) is 4.85. The molecule has 106 valence electrons. The molecule has 20 heavy (non-hydrogen) atoms. The number of hydrogen-bond acceptors (Lipinski definition) is 3. The fourth-order valence-electron chi connectivity index (χ4n) is 2.39. The van der Waals surface area contributed by atoms with E-state index in [1.165, 1.54) is 12.1 Å². The van der Waals surface area contributed by atoms with Gasteiger partial charge in [-0.05, 0) is 43.2 Å². The minimum atomic E-state index is -0.252. The van der Waals surface area contributed by atoms with E-state index < -0.39 is 0 Å². The Kier molecular flexibility index (Phi) is 4.37. The molecule has 2 aromatic rings. The first-order valence-electron chi connectivity index (χ1n) is 6.43. The summed E-state index contributed by atoms with van der Waals surface area (Å²) in [6.07, 6.45) is 0. The number of ether oxygens (including phenoxy) is 1. The number of nitrogens with two attached hydrogens (primary N) is 1. The molecule has 0 bridgehead atoms. The third kappa shape index (κ3) is 2.81. The molecule has 0 fully saturated rings. The summed E-state index contributed by atoms with van der Waals surface area (Å²) in [6.45, 7) is 3.87. The molecule has 0 aliphatic carbocycles. The summed E-state index contributed by atoms with van der Waals surface area (Å²) < 4.78 is 18.6. The molecule has 1 unspecified atom stereocenters. The van der Waals surface area contributed by atoms with Crippen molar-refractivity contribution >= 4 is 0 Å². The molecular formula is C16H19FN2O. The van der Waals surface area contributed by atoms with Crippen LogP contribution in [0, 0.1) is 19.7 Å². The van der Waals surface area contributed by atoms with Gasteiger partial charge in [0.25, 0.3) is 0 Å². The summed E-state index contributed by atoms with van der Waals surface area (Å²) in [4.78, 5) is 0. The molecule has 2 rings (SSSR count). The zero-order chi connectivity index (χ0) is 14.7. The van der Waals surface area contributed by atoms with Crippen LogP contribution in [0.15, 0.2) is 36.4 Å². The van der Waals surface area contributed by atoms with Crippen LogP contribution in [-0.4, -0.2) is 7.11 Å².